The van der Waals surface area contributed by atoms with E-state index in [1.165, 1.54) is 18.2 Å². The normalized spacial score (nSPS) is 10.2. The Labute approximate surface area is 130 Å². The summed E-state index contributed by atoms with van der Waals surface area (Å²) >= 11 is 11.7. The van der Waals surface area contributed by atoms with Gasteiger partial charge in [0.15, 0.2) is 6.61 Å². The van der Waals surface area contributed by atoms with Crippen molar-refractivity contribution in [2.45, 2.75) is 0 Å². The van der Waals surface area contributed by atoms with Crippen LogP contribution in [0.2, 0.25) is 10.0 Å². The van der Waals surface area contributed by atoms with Gasteiger partial charge in [-0.1, -0.05) is 23.2 Å². The third-order valence-corrected chi connectivity index (χ3v) is 3.13. The third-order valence-electron chi connectivity index (χ3n) is 2.52. The molecule has 0 saturated heterocycles. The van der Waals surface area contributed by atoms with E-state index in [0.717, 1.165) is 6.07 Å². The Balaban J connectivity index is 1.96. The molecule has 1 amide bonds. The zero-order valence-electron chi connectivity index (χ0n) is 10.7. The average molecular weight is 329 g/mol. The number of hydrogen-bond donors (Lipinski definition) is 2. The fourth-order valence-corrected chi connectivity index (χ4v) is 2.01. The Morgan fingerprint density at radius 1 is 1.19 bits per heavy atom. The quantitative estimate of drug-likeness (QED) is 0.840. The largest absolute Gasteiger partial charge is 0.482 e. The number of nitrogens with one attached hydrogen (secondary N) is 1. The molecule has 0 bridgehead atoms. The maximum absolute atomic E-state index is 12.9. The van der Waals surface area contributed by atoms with Crippen LogP contribution in [-0.2, 0) is 4.79 Å². The van der Waals surface area contributed by atoms with Gasteiger partial charge < -0.3 is 15.8 Å². The second kappa shape index (κ2) is 6.65. The van der Waals surface area contributed by atoms with Crippen LogP contribution in [-0.4, -0.2) is 12.5 Å². The van der Waals surface area contributed by atoms with E-state index in [9.17, 15) is 9.18 Å². The third kappa shape index (κ3) is 4.24. The number of nitrogen functional groups attached to an aromatic ring is 1. The summed E-state index contributed by atoms with van der Waals surface area (Å²) in [5.41, 5.74) is 6.47. The molecule has 110 valence electrons. The molecule has 0 radical (unpaired) electrons. The van der Waals surface area contributed by atoms with Gasteiger partial charge >= 0.3 is 0 Å². The van der Waals surface area contributed by atoms with Crippen molar-refractivity contribution in [1.29, 1.82) is 0 Å². The zero-order chi connectivity index (χ0) is 15.4. The molecule has 0 aromatic heterocycles. The highest BCUT2D eigenvalue weighted by Gasteiger charge is 2.09. The van der Waals surface area contributed by atoms with Crippen LogP contribution in [0, 0.1) is 5.82 Å². The molecule has 0 fully saturated rings. The number of rotatable bonds is 4. The van der Waals surface area contributed by atoms with Gasteiger partial charge in [-0.3, -0.25) is 4.79 Å². The number of halogens is 3. The Morgan fingerprint density at radius 2 is 1.95 bits per heavy atom. The van der Waals surface area contributed by atoms with E-state index in [1.54, 1.807) is 12.1 Å². The predicted octanol–water partition coefficient (Wildman–Crippen LogP) is 3.73. The number of carbonyl (C=O) groups excluding carboxylic acids is 1. The number of amides is 1. The van der Waals surface area contributed by atoms with Crippen molar-refractivity contribution >= 4 is 40.5 Å². The van der Waals surface area contributed by atoms with E-state index in [4.69, 9.17) is 33.7 Å². The highest BCUT2D eigenvalue weighted by atomic mass is 35.5. The second-order valence-corrected chi connectivity index (χ2v) is 4.97. The lowest BCUT2D eigenvalue weighted by Crippen LogP contribution is -2.20. The summed E-state index contributed by atoms with van der Waals surface area (Å²) < 4.78 is 18.1. The highest BCUT2D eigenvalue weighted by Crippen LogP contribution is 2.26. The number of ether oxygens (including phenoxy) is 1. The number of benzene rings is 2. The lowest BCUT2D eigenvalue weighted by atomic mass is 10.3. The monoisotopic (exact) mass is 328 g/mol. The second-order valence-electron chi connectivity index (χ2n) is 4.15. The predicted molar refractivity (Wildman–Crippen MR) is 81.4 cm³/mol. The summed E-state index contributed by atoms with van der Waals surface area (Å²) in [5, 5.41) is 2.98. The summed E-state index contributed by atoms with van der Waals surface area (Å²) in [7, 11) is 0. The van der Waals surface area contributed by atoms with Crippen molar-refractivity contribution in [2.75, 3.05) is 17.7 Å². The van der Waals surface area contributed by atoms with Crippen molar-refractivity contribution in [2.24, 2.45) is 0 Å². The van der Waals surface area contributed by atoms with E-state index in [2.05, 4.69) is 5.32 Å². The van der Waals surface area contributed by atoms with Crippen LogP contribution in [0.4, 0.5) is 15.8 Å². The minimum Gasteiger partial charge on any atom is -0.482 e. The van der Waals surface area contributed by atoms with Crippen molar-refractivity contribution in [3.8, 4) is 5.75 Å². The van der Waals surface area contributed by atoms with Crippen molar-refractivity contribution in [3.63, 3.8) is 0 Å². The van der Waals surface area contributed by atoms with Gasteiger partial charge in [0.1, 0.15) is 11.6 Å². The SMILES string of the molecule is Nc1ccc(NC(=O)COc2ccc(F)cc2Cl)c(Cl)c1. The zero-order valence-corrected chi connectivity index (χ0v) is 12.2. The summed E-state index contributed by atoms with van der Waals surface area (Å²) in [5.74, 6) is -0.691. The summed E-state index contributed by atoms with van der Waals surface area (Å²) in [6, 6.07) is 8.36. The van der Waals surface area contributed by atoms with Crippen LogP contribution in [0.3, 0.4) is 0 Å². The molecule has 2 aromatic carbocycles. The Hall–Kier alpha value is -1.98. The Kier molecular flexibility index (Phi) is 4.88. The Morgan fingerprint density at radius 3 is 2.62 bits per heavy atom. The maximum atomic E-state index is 12.9. The van der Waals surface area contributed by atoms with Gasteiger partial charge in [-0.2, -0.15) is 0 Å². The van der Waals surface area contributed by atoms with Crippen molar-refractivity contribution < 1.29 is 13.9 Å². The van der Waals surface area contributed by atoms with Crippen molar-refractivity contribution in [3.05, 3.63) is 52.3 Å². The molecule has 0 atom stereocenters. The van der Waals surface area contributed by atoms with E-state index in [-0.39, 0.29) is 17.4 Å². The van der Waals surface area contributed by atoms with Crippen LogP contribution >= 0.6 is 23.2 Å². The molecule has 0 aliphatic rings. The molecule has 0 saturated carbocycles. The van der Waals surface area contributed by atoms with Crippen molar-refractivity contribution in [1.82, 2.24) is 0 Å². The fourth-order valence-electron chi connectivity index (χ4n) is 1.55. The van der Waals surface area contributed by atoms with Crippen LogP contribution in [0.25, 0.3) is 0 Å². The van der Waals surface area contributed by atoms with E-state index in [1.807, 2.05) is 0 Å². The van der Waals surface area contributed by atoms with Gasteiger partial charge in [0.05, 0.1) is 15.7 Å². The molecule has 0 spiro atoms. The number of nitrogens with two attached hydrogens (primary N) is 1. The van der Waals surface area contributed by atoms with Crippen LogP contribution in [0.1, 0.15) is 0 Å². The highest BCUT2D eigenvalue weighted by molar-refractivity contribution is 6.34. The minimum absolute atomic E-state index is 0.0910. The van der Waals surface area contributed by atoms with Gasteiger partial charge in [0.2, 0.25) is 0 Å². The lowest BCUT2D eigenvalue weighted by Gasteiger charge is -2.10. The maximum Gasteiger partial charge on any atom is 0.262 e. The molecule has 0 aliphatic heterocycles. The number of hydrogen-bond acceptors (Lipinski definition) is 3. The topological polar surface area (TPSA) is 64.3 Å². The fraction of sp³-hybridized carbons (Fsp3) is 0.0714. The van der Waals surface area contributed by atoms with Gasteiger partial charge in [0.25, 0.3) is 5.91 Å². The van der Waals surface area contributed by atoms with Gasteiger partial charge in [-0.15, -0.1) is 0 Å². The summed E-state index contributed by atoms with van der Waals surface area (Å²) in [6.45, 7) is -0.286. The molecule has 7 heteroatoms. The van der Waals surface area contributed by atoms with Crippen LogP contribution < -0.4 is 15.8 Å². The molecule has 0 aliphatic carbocycles. The lowest BCUT2D eigenvalue weighted by molar-refractivity contribution is -0.118. The smallest absolute Gasteiger partial charge is 0.262 e. The number of carbonyl (C=O) groups is 1. The molecule has 4 nitrogen and oxygen atoms in total. The summed E-state index contributed by atoms with van der Waals surface area (Å²) in [4.78, 5) is 11.8. The van der Waals surface area contributed by atoms with Crippen LogP contribution in [0.5, 0.6) is 5.75 Å². The first kappa shape index (κ1) is 15.4. The molecule has 2 rings (SSSR count). The average Bonchev–Trinajstić information content (AvgIpc) is 2.41. The molecule has 0 heterocycles. The molecular formula is C14H11Cl2FN2O2. The van der Waals surface area contributed by atoms with Gasteiger partial charge in [0, 0.05) is 5.69 Å². The molecule has 21 heavy (non-hydrogen) atoms. The first-order valence-corrected chi connectivity index (χ1v) is 6.64. The van der Waals surface area contributed by atoms with E-state index >= 15 is 0 Å². The number of anilines is 2. The van der Waals surface area contributed by atoms with Gasteiger partial charge in [-0.05, 0) is 36.4 Å². The Bertz CT molecular complexity index is 680. The summed E-state index contributed by atoms with van der Waals surface area (Å²) in [6.07, 6.45) is 0. The van der Waals surface area contributed by atoms with Crippen LogP contribution in [0.15, 0.2) is 36.4 Å². The van der Waals surface area contributed by atoms with Gasteiger partial charge in [-0.25, -0.2) is 4.39 Å². The first-order valence-electron chi connectivity index (χ1n) is 5.88. The molecular weight excluding hydrogens is 318 g/mol. The minimum atomic E-state index is -0.481. The molecule has 3 N–H and O–H groups in total. The molecule has 0 unspecified atom stereocenters. The standard InChI is InChI=1S/C14H11Cl2FN2O2/c15-10-6-9(18)2-3-12(10)19-14(20)7-21-13-4-1-8(17)5-11(13)16/h1-6H,7,18H2,(H,19,20). The van der Waals surface area contributed by atoms with E-state index in [0.29, 0.717) is 16.4 Å². The molecule has 2 aromatic rings. The van der Waals surface area contributed by atoms with E-state index < -0.39 is 11.7 Å². The first-order chi connectivity index (χ1) is 9.95.